The van der Waals surface area contributed by atoms with Crippen LogP contribution in [-0.4, -0.2) is 19.6 Å². The van der Waals surface area contributed by atoms with Crippen LogP contribution in [0.15, 0.2) is 59.6 Å². The van der Waals surface area contributed by atoms with E-state index >= 15 is 0 Å². The van der Waals surface area contributed by atoms with E-state index in [0.29, 0.717) is 5.41 Å². The van der Waals surface area contributed by atoms with Crippen LogP contribution in [0.25, 0.3) is 0 Å². The highest BCUT2D eigenvalue weighted by Crippen LogP contribution is 2.47. The summed E-state index contributed by atoms with van der Waals surface area (Å²) in [5.41, 5.74) is 4.33. The molecule has 3 heteroatoms. The molecule has 0 saturated heterocycles. The fourth-order valence-corrected chi connectivity index (χ4v) is 2.97. The van der Waals surface area contributed by atoms with E-state index in [4.69, 9.17) is 0 Å². The molecule has 0 radical (unpaired) electrons. The first kappa shape index (κ1) is 15.6. The Kier molecular flexibility index (Phi) is 4.65. The van der Waals surface area contributed by atoms with Gasteiger partial charge >= 0.3 is 0 Å². The van der Waals surface area contributed by atoms with E-state index < -0.39 is 0 Å². The third kappa shape index (κ3) is 3.73. The van der Waals surface area contributed by atoms with Gasteiger partial charge in [-0.15, -0.1) is 0 Å². The minimum atomic E-state index is 0.293. The van der Waals surface area contributed by atoms with Crippen LogP contribution in [0.3, 0.4) is 0 Å². The van der Waals surface area contributed by atoms with Crippen molar-refractivity contribution in [3.8, 4) is 0 Å². The van der Waals surface area contributed by atoms with E-state index in [1.807, 2.05) is 7.05 Å². The van der Waals surface area contributed by atoms with Crippen LogP contribution in [0, 0.1) is 6.92 Å². The van der Waals surface area contributed by atoms with Gasteiger partial charge in [0.05, 0.1) is 0 Å². The highest BCUT2D eigenvalue weighted by Gasteiger charge is 2.43. The lowest BCUT2D eigenvalue weighted by Gasteiger charge is -2.19. The number of nitrogens with one attached hydrogen (secondary N) is 2. The van der Waals surface area contributed by atoms with E-state index in [-0.39, 0.29) is 0 Å². The van der Waals surface area contributed by atoms with E-state index in [2.05, 4.69) is 77.1 Å². The zero-order valence-corrected chi connectivity index (χ0v) is 14.0. The van der Waals surface area contributed by atoms with Crippen molar-refractivity contribution in [1.29, 1.82) is 0 Å². The lowest BCUT2D eigenvalue weighted by molar-refractivity contribution is 0.645. The van der Waals surface area contributed by atoms with Gasteiger partial charge in [-0.1, -0.05) is 54.6 Å². The van der Waals surface area contributed by atoms with Crippen LogP contribution < -0.4 is 10.6 Å². The Morgan fingerprint density at radius 1 is 1.00 bits per heavy atom. The van der Waals surface area contributed by atoms with Crippen LogP contribution in [0.1, 0.15) is 29.5 Å². The number of aliphatic imine (C=N–C) groups is 1. The van der Waals surface area contributed by atoms with Gasteiger partial charge in [-0.25, -0.2) is 0 Å². The Morgan fingerprint density at radius 2 is 1.70 bits per heavy atom. The molecule has 1 fully saturated rings. The molecule has 0 bridgehead atoms. The number of hydrogen-bond acceptors (Lipinski definition) is 1. The normalized spacial score (nSPS) is 16.0. The second-order valence-corrected chi connectivity index (χ2v) is 6.35. The first-order chi connectivity index (χ1) is 11.2. The molecule has 0 aliphatic heterocycles. The van der Waals surface area contributed by atoms with Gasteiger partial charge in [-0.3, -0.25) is 4.99 Å². The summed E-state index contributed by atoms with van der Waals surface area (Å²) in [4.78, 5) is 4.35. The molecule has 0 atom stereocenters. The summed E-state index contributed by atoms with van der Waals surface area (Å²) in [6.07, 6.45) is 2.50. The van der Waals surface area contributed by atoms with Crippen LogP contribution in [0.4, 0.5) is 0 Å². The summed E-state index contributed by atoms with van der Waals surface area (Å²) in [6.45, 7) is 3.87. The fourth-order valence-electron chi connectivity index (χ4n) is 2.97. The molecule has 1 aliphatic rings. The Hall–Kier alpha value is -2.29. The number of nitrogens with zero attached hydrogens (tertiary/aromatic N) is 1. The summed E-state index contributed by atoms with van der Waals surface area (Å²) in [5.74, 6) is 0.871. The fraction of sp³-hybridized carbons (Fsp3) is 0.350. The van der Waals surface area contributed by atoms with Crippen molar-refractivity contribution in [3.63, 3.8) is 0 Å². The van der Waals surface area contributed by atoms with E-state index in [1.54, 1.807) is 0 Å². The highest BCUT2D eigenvalue weighted by molar-refractivity contribution is 5.79. The molecule has 3 rings (SSSR count). The molecule has 0 spiro atoms. The van der Waals surface area contributed by atoms with Crippen LogP contribution in [-0.2, 0) is 12.0 Å². The van der Waals surface area contributed by atoms with E-state index in [9.17, 15) is 0 Å². The largest absolute Gasteiger partial charge is 0.356 e. The van der Waals surface area contributed by atoms with Crippen molar-refractivity contribution in [3.05, 3.63) is 71.3 Å². The van der Waals surface area contributed by atoms with Crippen molar-refractivity contribution < 1.29 is 0 Å². The number of aryl methyl sites for hydroxylation is 1. The van der Waals surface area contributed by atoms with E-state index in [0.717, 1.165) is 19.0 Å². The zero-order valence-electron chi connectivity index (χ0n) is 14.0. The summed E-state index contributed by atoms with van der Waals surface area (Å²) in [6, 6.07) is 19.2. The van der Waals surface area contributed by atoms with E-state index in [1.165, 1.54) is 29.5 Å². The SMILES string of the molecule is CN=C(NCc1ccccc1C)NCC1(c2ccccc2)CC1. The minimum absolute atomic E-state index is 0.293. The monoisotopic (exact) mass is 307 g/mol. The van der Waals surface area contributed by atoms with Crippen molar-refractivity contribution >= 4 is 5.96 Å². The van der Waals surface area contributed by atoms with Crippen LogP contribution in [0.2, 0.25) is 0 Å². The molecule has 0 heterocycles. The third-order valence-corrected chi connectivity index (χ3v) is 4.77. The van der Waals surface area contributed by atoms with Gasteiger partial charge in [0.15, 0.2) is 5.96 Å². The number of guanidine groups is 1. The second-order valence-electron chi connectivity index (χ2n) is 6.35. The van der Waals surface area contributed by atoms with Crippen molar-refractivity contribution in [1.82, 2.24) is 10.6 Å². The van der Waals surface area contributed by atoms with Crippen molar-refractivity contribution in [2.24, 2.45) is 4.99 Å². The Labute approximate surface area is 138 Å². The summed E-state index contributed by atoms with van der Waals surface area (Å²) in [5, 5.41) is 6.92. The summed E-state index contributed by atoms with van der Waals surface area (Å²) in [7, 11) is 1.83. The summed E-state index contributed by atoms with van der Waals surface area (Å²) < 4.78 is 0. The smallest absolute Gasteiger partial charge is 0.191 e. The summed E-state index contributed by atoms with van der Waals surface area (Å²) >= 11 is 0. The van der Waals surface area contributed by atoms with Gasteiger partial charge in [-0.2, -0.15) is 0 Å². The second kappa shape index (κ2) is 6.86. The molecular formula is C20H25N3. The molecule has 3 nitrogen and oxygen atoms in total. The topological polar surface area (TPSA) is 36.4 Å². The van der Waals surface area contributed by atoms with Gasteiger partial charge in [0.1, 0.15) is 0 Å². The molecule has 0 unspecified atom stereocenters. The van der Waals surface area contributed by atoms with Gasteiger partial charge in [-0.05, 0) is 36.5 Å². The quantitative estimate of drug-likeness (QED) is 0.656. The number of benzene rings is 2. The molecule has 0 amide bonds. The lowest BCUT2D eigenvalue weighted by atomic mass is 9.96. The molecule has 120 valence electrons. The minimum Gasteiger partial charge on any atom is -0.356 e. The van der Waals surface area contributed by atoms with Crippen molar-refractivity contribution in [2.75, 3.05) is 13.6 Å². The Balaban J connectivity index is 1.56. The average Bonchev–Trinajstić information content (AvgIpc) is 3.38. The molecule has 0 aromatic heterocycles. The Morgan fingerprint density at radius 3 is 2.35 bits per heavy atom. The van der Waals surface area contributed by atoms with Gasteiger partial charge < -0.3 is 10.6 Å². The molecular weight excluding hydrogens is 282 g/mol. The average molecular weight is 307 g/mol. The molecule has 1 saturated carbocycles. The molecule has 1 aliphatic carbocycles. The standard InChI is InChI=1S/C20H25N3/c1-16-8-6-7-9-17(16)14-22-19(21-2)23-15-20(12-13-20)18-10-4-3-5-11-18/h3-11H,12-15H2,1-2H3,(H2,21,22,23). The van der Waals surface area contributed by atoms with Crippen LogP contribution in [0.5, 0.6) is 0 Å². The maximum Gasteiger partial charge on any atom is 0.191 e. The lowest BCUT2D eigenvalue weighted by Crippen LogP contribution is -2.41. The first-order valence-electron chi connectivity index (χ1n) is 8.28. The molecule has 23 heavy (non-hydrogen) atoms. The molecule has 2 aromatic rings. The predicted molar refractivity (Wildman–Crippen MR) is 96.7 cm³/mol. The molecule has 2 aromatic carbocycles. The van der Waals surface area contributed by atoms with Crippen LogP contribution >= 0.6 is 0 Å². The number of hydrogen-bond donors (Lipinski definition) is 2. The maximum atomic E-state index is 4.35. The predicted octanol–water partition coefficient (Wildman–Crippen LogP) is 3.39. The maximum absolute atomic E-state index is 4.35. The number of rotatable bonds is 5. The molecule has 2 N–H and O–H groups in total. The Bertz CT molecular complexity index is 672. The zero-order chi connectivity index (χ0) is 16.1. The van der Waals surface area contributed by atoms with Crippen molar-refractivity contribution in [2.45, 2.75) is 31.7 Å². The van der Waals surface area contributed by atoms with Gasteiger partial charge in [0.25, 0.3) is 0 Å². The van der Waals surface area contributed by atoms with Gasteiger partial charge in [0.2, 0.25) is 0 Å². The van der Waals surface area contributed by atoms with Gasteiger partial charge in [0, 0.05) is 25.6 Å². The third-order valence-electron chi connectivity index (χ3n) is 4.77. The first-order valence-corrected chi connectivity index (χ1v) is 8.28. The highest BCUT2D eigenvalue weighted by atomic mass is 15.2.